The fourth-order valence-corrected chi connectivity index (χ4v) is 1.46. The van der Waals surface area contributed by atoms with Crippen LogP contribution in [0.15, 0.2) is 9.95 Å². The minimum Gasteiger partial charge on any atom is -0.329 e. The predicted octanol–water partition coefficient (Wildman–Crippen LogP) is -0.452. The number of hydrogen-bond donors (Lipinski definition) is 2. The zero-order valence-electron chi connectivity index (χ0n) is 7.07. The fourth-order valence-electron chi connectivity index (χ4n) is 0.666. The molecule has 1 aromatic rings. The highest BCUT2D eigenvalue weighted by atomic mass is 32.2. The molecule has 1 aromatic heterocycles. The summed E-state index contributed by atoms with van der Waals surface area (Å²) >= 11 is 1.49. The molecule has 1 heterocycles. The number of H-pyrrole nitrogens is 1. The van der Waals surface area contributed by atoms with E-state index in [1.807, 2.05) is 6.92 Å². The average Bonchev–Trinajstić information content (AvgIpc) is 2.36. The van der Waals surface area contributed by atoms with Gasteiger partial charge in [-0.2, -0.15) is 0 Å². The smallest absolute Gasteiger partial charge is 0.329 e. The first kappa shape index (κ1) is 9.34. The molecule has 5 nitrogen and oxygen atoms in total. The molecule has 1 unspecified atom stereocenters. The van der Waals surface area contributed by atoms with Crippen LogP contribution in [0.25, 0.3) is 0 Å². The molecule has 1 atom stereocenters. The molecule has 68 valence electrons. The van der Waals surface area contributed by atoms with E-state index in [0.29, 0.717) is 11.7 Å². The second kappa shape index (κ2) is 3.77. The summed E-state index contributed by atoms with van der Waals surface area (Å²) in [7, 11) is 1.68. The highest BCUT2D eigenvalue weighted by Gasteiger charge is 2.08. The Hall–Kier alpha value is -0.750. The molecule has 0 bridgehead atoms. The summed E-state index contributed by atoms with van der Waals surface area (Å²) < 4.78 is 1.47. The maximum Gasteiger partial charge on any atom is 0.343 e. The van der Waals surface area contributed by atoms with Crippen molar-refractivity contribution in [3.05, 3.63) is 10.5 Å². The Bertz CT molecular complexity index is 305. The number of rotatable bonds is 3. The monoisotopic (exact) mass is 188 g/mol. The van der Waals surface area contributed by atoms with Crippen LogP contribution in [0.1, 0.15) is 6.92 Å². The van der Waals surface area contributed by atoms with Gasteiger partial charge in [-0.05, 0) is 0 Å². The second-order valence-electron chi connectivity index (χ2n) is 2.53. The van der Waals surface area contributed by atoms with E-state index in [-0.39, 0.29) is 10.9 Å². The zero-order chi connectivity index (χ0) is 9.14. The van der Waals surface area contributed by atoms with Crippen LogP contribution in [0.3, 0.4) is 0 Å². The Labute approximate surface area is 74.3 Å². The summed E-state index contributed by atoms with van der Waals surface area (Å²) in [5.41, 5.74) is 5.24. The number of nitrogens with zero attached hydrogens (tertiary/aromatic N) is 2. The lowest BCUT2D eigenvalue weighted by Crippen LogP contribution is -2.16. The van der Waals surface area contributed by atoms with Crippen molar-refractivity contribution in [2.45, 2.75) is 17.3 Å². The second-order valence-corrected chi connectivity index (χ2v) is 3.94. The van der Waals surface area contributed by atoms with Crippen molar-refractivity contribution in [2.24, 2.45) is 12.8 Å². The predicted molar refractivity (Wildman–Crippen MR) is 48.2 cm³/mol. The number of aromatic nitrogens is 3. The van der Waals surface area contributed by atoms with Gasteiger partial charge >= 0.3 is 5.69 Å². The van der Waals surface area contributed by atoms with E-state index in [4.69, 9.17) is 5.73 Å². The third-order valence-corrected chi connectivity index (χ3v) is 2.65. The van der Waals surface area contributed by atoms with E-state index >= 15 is 0 Å². The molecule has 0 saturated heterocycles. The number of thioether (sulfide) groups is 1. The number of aromatic amines is 1. The highest BCUT2D eigenvalue weighted by molar-refractivity contribution is 7.99. The van der Waals surface area contributed by atoms with Crippen molar-refractivity contribution >= 4 is 11.8 Å². The van der Waals surface area contributed by atoms with Gasteiger partial charge in [0.05, 0.1) is 0 Å². The molecule has 0 aliphatic carbocycles. The largest absolute Gasteiger partial charge is 0.343 e. The summed E-state index contributed by atoms with van der Waals surface area (Å²) in [6.07, 6.45) is 0. The highest BCUT2D eigenvalue weighted by Crippen LogP contribution is 2.17. The average molecular weight is 188 g/mol. The van der Waals surface area contributed by atoms with Crippen LogP contribution in [0.2, 0.25) is 0 Å². The molecule has 12 heavy (non-hydrogen) atoms. The molecule has 0 saturated carbocycles. The molecule has 0 aliphatic rings. The van der Waals surface area contributed by atoms with Gasteiger partial charge in [-0.1, -0.05) is 18.7 Å². The summed E-state index contributed by atoms with van der Waals surface area (Å²) in [4.78, 5) is 10.9. The SMILES string of the molecule is CC(CN)Sc1n[nH]c(=O)n1C. The van der Waals surface area contributed by atoms with Crippen molar-refractivity contribution in [1.82, 2.24) is 14.8 Å². The van der Waals surface area contributed by atoms with Crippen molar-refractivity contribution in [3.8, 4) is 0 Å². The third kappa shape index (κ3) is 1.89. The first-order valence-electron chi connectivity index (χ1n) is 3.63. The lowest BCUT2D eigenvalue weighted by Gasteiger charge is -2.05. The molecule has 0 amide bonds. The van der Waals surface area contributed by atoms with Gasteiger partial charge in [0.15, 0.2) is 5.16 Å². The maximum atomic E-state index is 10.9. The molecule has 6 heteroatoms. The van der Waals surface area contributed by atoms with Crippen LogP contribution in [-0.2, 0) is 7.05 Å². The van der Waals surface area contributed by atoms with E-state index in [1.54, 1.807) is 7.05 Å². The molecular weight excluding hydrogens is 176 g/mol. The summed E-state index contributed by atoms with van der Waals surface area (Å²) in [6, 6.07) is 0. The summed E-state index contributed by atoms with van der Waals surface area (Å²) in [5, 5.41) is 7.15. The molecule has 1 rings (SSSR count). The van der Waals surface area contributed by atoms with Crippen LogP contribution in [0.4, 0.5) is 0 Å². The number of nitrogens with two attached hydrogens (primary N) is 1. The van der Waals surface area contributed by atoms with Gasteiger partial charge in [0.2, 0.25) is 0 Å². The van der Waals surface area contributed by atoms with Crippen LogP contribution < -0.4 is 11.4 Å². The third-order valence-electron chi connectivity index (χ3n) is 1.48. The van der Waals surface area contributed by atoms with E-state index in [2.05, 4.69) is 10.2 Å². The molecule has 3 N–H and O–H groups in total. The Morgan fingerprint density at radius 3 is 2.92 bits per heavy atom. The first-order valence-corrected chi connectivity index (χ1v) is 4.51. The standard InChI is InChI=1S/C6H12N4OS/c1-4(3-7)12-6-9-8-5(11)10(6)2/h4H,3,7H2,1-2H3,(H,8,11). The molecular formula is C6H12N4OS. The number of nitrogens with one attached hydrogen (secondary N) is 1. The number of hydrogen-bond acceptors (Lipinski definition) is 4. The molecule has 0 spiro atoms. The Morgan fingerprint density at radius 1 is 1.83 bits per heavy atom. The Balaban J connectivity index is 2.76. The van der Waals surface area contributed by atoms with Gasteiger partial charge in [-0.15, -0.1) is 5.10 Å². The molecule has 0 fully saturated rings. The van der Waals surface area contributed by atoms with Gasteiger partial charge in [0.25, 0.3) is 0 Å². The van der Waals surface area contributed by atoms with E-state index < -0.39 is 0 Å². The summed E-state index contributed by atoms with van der Waals surface area (Å²) in [6.45, 7) is 2.57. The maximum absolute atomic E-state index is 10.9. The molecule has 0 aromatic carbocycles. The van der Waals surface area contributed by atoms with Crippen molar-refractivity contribution < 1.29 is 0 Å². The van der Waals surface area contributed by atoms with E-state index in [1.165, 1.54) is 16.3 Å². The summed E-state index contributed by atoms with van der Waals surface area (Å²) in [5.74, 6) is 0. The normalized spacial score (nSPS) is 13.2. The Morgan fingerprint density at radius 2 is 2.50 bits per heavy atom. The van der Waals surface area contributed by atoms with Crippen molar-refractivity contribution in [1.29, 1.82) is 0 Å². The fraction of sp³-hybridized carbons (Fsp3) is 0.667. The van der Waals surface area contributed by atoms with E-state index in [9.17, 15) is 4.79 Å². The van der Waals surface area contributed by atoms with Crippen LogP contribution >= 0.6 is 11.8 Å². The van der Waals surface area contributed by atoms with Crippen LogP contribution in [0, 0.1) is 0 Å². The lowest BCUT2D eigenvalue weighted by molar-refractivity contribution is 0.761. The van der Waals surface area contributed by atoms with Crippen molar-refractivity contribution in [2.75, 3.05) is 6.54 Å². The van der Waals surface area contributed by atoms with E-state index in [0.717, 1.165) is 0 Å². The van der Waals surface area contributed by atoms with Gasteiger partial charge in [-0.25, -0.2) is 9.89 Å². The molecule has 0 radical (unpaired) electrons. The topological polar surface area (TPSA) is 76.7 Å². The van der Waals surface area contributed by atoms with Gasteiger partial charge in [-0.3, -0.25) is 4.57 Å². The van der Waals surface area contributed by atoms with Crippen LogP contribution in [0.5, 0.6) is 0 Å². The van der Waals surface area contributed by atoms with Crippen LogP contribution in [-0.4, -0.2) is 26.6 Å². The first-order chi connectivity index (χ1) is 5.65. The van der Waals surface area contributed by atoms with Gasteiger partial charge in [0.1, 0.15) is 0 Å². The zero-order valence-corrected chi connectivity index (χ0v) is 7.89. The quantitative estimate of drug-likeness (QED) is 0.630. The molecule has 0 aliphatic heterocycles. The van der Waals surface area contributed by atoms with Gasteiger partial charge < -0.3 is 5.73 Å². The van der Waals surface area contributed by atoms with Gasteiger partial charge in [0, 0.05) is 18.8 Å². The van der Waals surface area contributed by atoms with Crippen molar-refractivity contribution in [3.63, 3.8) is 0 Å². The minimum atomic E-state index is -0.193. The lowest BCUT2D eigenvalue weighted by atomic mass is 10.5. The minimum absolute atomic E-state index is 0.193. The Kier molecular flexibility index (Phi) is 2.93.